The summed E-state index contributed by atoms with van der Waals surface area (Å²) in [5.41, 5.74) is -0.0653. The largest absolute Gasteiger partial charge is 0.478 e. The molecule has 78 valence electrons. The van der Waals surface area contributed by atoms with Gasteiger partial charge >= 0.3 is 11.9 Å². The molecule has 1 aliphatic rings. The Kier molecular flexibility index (Phi) is 2.93. The molecule has 4 nitrogen and oxygen atoms in total. The van der Waals surface area contributed by atoms with Gasteiger partial charge in [0.25, 0.3) is 0 Å². The first-order valence-electron chi connectivity index (χ1n) is 4.53. The van der Waals surface area contributed by atoms with Crippen molar-refractivity contribution in [3.05, 3.63) is 11.6 Å². The summed E-state index contributed by atoms with van der Waals surface area (Å²) in [5.74, 6) is -1.35. The lowest BCUT2D eigenvalue weighted by molar-refractivity contribution is -0.149. The molecule has 0 aromatic rings. The minimum absolute atomic E-state index is 0.345. The fraction of sp³-hybridized carbons (Fsp3) is 0.600. The summed E-state index contributed by atoms with van der Waals surface area (Å²) in [5, 5.41) is 8.63. The fourth-order valence-electron chi connectivity index (χ4n) is 1.91. The highest BCUT2D eigenvalue weighted by molar-refractivity contribution is 5.86. The zero-order valence-electron chi connectivity index (χ0n) is 8.37. The van der Waals surface area contributed by atoms with E-state index in [4.69, 9.17) is 5.11 Å². The standard InChI is InChI=1S/C10H14O4/c1-10(9(13)14-2)5-3-4-7(10)6-8(11)12/h6H,3-5H2,1-2H3,(H,11,12). The lowest BCUT2D eigenvalue weighted by Gasteiger charge is -2.22. The van der Waals surface area contributed by atoms with Crippen molar-refractivity contribution >= 4 is 11.9 Å². The van der Waals surface area contributed by atoms with Crippen molar-refractivity contribution in [1.29, 1.82) is 0 Å². The van der Waals surface area contributed by atoms with Crippen LogP contribution < -0.4 is 0 Å². The van der Waals surface area contributed by atoms with E-state index in [1.54, 1.807) is 6.92 Å². The number of aliphatic carboxylic acids is 1. The van der Waals surface area contributed by atoms with Gasteiger partial charge in [-0.25, -0.2) is 4.79 Å². The second kappa shape index (κ2) is 3.82. The molecule has 0 bridgehead atoms. The number of hydrogen-bond donors (Lipinski definition) is 1. The fourth-order valence-corrected chi connectivity index (χ4v) is 1.91. The smallest absolute Gasteiger partial charge is 0.328 e. The number of hydrogen-bond acceptors (Lipinski definition) is 3. The Labute approximate surface area is 82.6 Å². The number of carboxylic acids is 1. The molecule has 0 aromatic carbocycles. The van der Waals surface area contributed by atoms with Gasteiger partial charge in [-0.2, -0.15) is 0 Å². The minimum Gasteiger partial charge on any atom is -0.478 e. The average Bonchev–Trinajstić information content (AvgIpc) is 2.47. The van der Waals surface area contributed by atoms with Crippen LogP contribution in [-0.2, 0) is 14.3 Å². The highest BCUT2D eigenvalue weighted by atomic mass is 16.5. The second-order valence-electron chi connectivity index (χ2n) is 3.69. The van der Waals surface area contributed by atoms with Crippen LogP contribution in [0.5, 0.6) is 0 Å². The number of carbonyl (C=O) groups is 2. The number of ether oxygens (including phenoxy) is 1. The van der Waals surface area contributed by atoms with E-state index in [0.29, 0.717) is 18.4 Å². The number of carboxylic acid groups (broad SMARTS) is 1. The number of esters is 1. The second-order valence-corrected chi connectivity index (χ2v) is 3.69. The molecule has 1 atom stereocenters. The van der Waals surface area contributed by atoms with Gasteiger partial charge in [0.2, 0.25) is 0 Å². The Bertz CT molecular complexity index is 292. The summed E-state index contributed by atoms with van der Waals surface area (Å²) in [6, 6.07) is 0. The van der Waals surface area contributed by atoms with Crippen LogP contribution in [0.15, 0.2) is 11.6 Å². The summed E-state index contributed by atoms with van der Waals surface area (Å²) >= 11 is 0. The van der Waals surface area contributed by atoms with Crippen LogP contribution in [0.1, 0.15) is 26.2 Å². The third kappa shape index (κ3) is 1.78. The monoisotopic (exact) mass is 198 g/mol. The summed E-state index contributed by atoms with van der Waals surface area (Å²) in [6.45, 7) is 1.74. The third-order valence-electron chi connectivity index (χ3n) is 2.77. The van der Waals surface area contributed by atoms with Gasteiger partial charge in [0.05, 0.1) is 12.5 Å². The van der Waals surface area contributed by atoms with Gasteiger partial charge in [-0.3, -0.25) is 4.79 Å². The lowest BCUT2D eigenvalue weighted by atomic mass is 9.84. The maximum Gasteiger partial charge on any atom is 0.328 e. The minimum atomic E-state index is -1.00. The molecular weight excluding hydrogens is 184 g/mol. The van der Waals surface area contributed by atoms with E-state index in [1.165, 1.54) is 7.11 Å². The molecule has 0 spiro atoms. The number of carbonyl (C=O) groups excluding carboxylic acids is 1. The maximum absolute atomic E-state index is 11.5. The first-order valence-corrected chi connectivity index (χ1v) is 4.53. The Morgan fingerprint density at radius 1 is 1.57 bits per heavy atom. The van der Waals surface area contributed by atoms with Crippen LogP contribution in [0.3, 0.4) is 0 Å². The van der Waals surface area contributed by atoms with Gasteiger partial charge in [0.1, 0.15) is 0 Å². The number of rotatable bonds is 2. The summed E-state index contributed by atoms with van der Waals surface area (Å²) < 4.78 is 4.68. The molecular formula is C10H14O4. The van der Waals surface area contributed by atoms with Crippen molar-refractivity contribution in [3.8, 4) is 0 Å². The molecule has 1 saturated carbocycles. The summed E-state index contributed by atoms with van der Waals surface area (Å²) in [4.78, 5) is 22.0. The molecule has 0 amide bonds. The van der Waals surface area contributed by atoms with Crippen molar-refractivity contribution in [1.82, 2.24) is 0 Å². The van der Waals surface area contributed by atoms with Gasteiger partial charge in [-0.1, -0.05) is 0 Å². The molecule has 1 N–H and O–H groups in total. The van der Waals surface area contributed by atoms with E-state index in [-0.39, 0.29) is 5.97 Å². The van der Waals surface area contributed by atoms with E-state index in [0.717, 1.165) is 12.5 Å². The Balaban J connectivity index is 2.97. The van der Waals surface area contributed by atoms with Gasteiger partial charge in [-0.05, 0) is 31.8 Å². The lowest BCUT2D eigenvalue weighted by Crippen LogP contribution is -2.27. The maximum atomic E-state index is 11.5. The first kappa shape index (κ1) is 10.8. The van der Waals surface area contributed by atoms with Crippen molar-refractivity contribution in [3.63, 3.8) is 0 Å². The Hall–Kier alpha value is -1.32. The van der Waals surface area contributed by atoms with E-state index in [1.807, 2.05) is 0 Å². The van der Waals surface area contributed by atoms with Crippen LogP contribution in [0.2, 0.25) is 0 Å². The number of methoxy groups -OCH3 is 1. The zero-order valence-corrected chi connectivity index (χ0v) is 8.37. The van der Waals surface area contributed by atoms with Gasteiger partial charge < -0.3 is 9.84 Å². The van der Waals surface area contributed by atoms with Crippen molar-refractivity contribution < 1.29 is 19.4 Å². The van der Waals surface area contributed by atoms with E-state index in [9.17, 15) is 9.59 Å². The molecule has 0 aliphatic heterocycles. The molecule has 1 unspecified atom stereocenters. The molecule has 1 aliphatic carbocycles. The van der Waals surface area contributed by atoms with Crippen molar-refractivity contribution in [2.75, 3.05) is 7.11 Å². The van der Waals surface area contributed by atoms with Gasteiger partial charge in [-0.15, -0.1) is 0 Å². The van der Waals surface area contributed by atoms with E-state index >= 15 is 0 Å². The van der Waals surface area contributed by atoms with Crippen molar-refractivity contribution in [2.24, 2.45) is 5.41 Å². The van der Waals surface area contributed by atoms with E-state index in [2.05, 4.69) is 4.74 Å². The van der Waals surface area contributed by atoms with E-state index < -0.39 is 11.4 Å². The Morgan fingerprint density at radius 3 is 2.71 bits per heavy atom. The predicted molar refractivity (Wildman–Crippen MR) is 49.7 cm³/mol. The molecule has 4 heteroatoms. The molecule has 0 radical (unpaired) electrons. The molecule has 0 heterocycles. The van der Waals surface area contributed by atoms with Crippen LogP contribution >= 0.6 is 0 Å². The first-order chi connectivity index (χ1) is 6.50. The van der Waals surface area contributed by atoms with Crippen molar-refractivity contribution in [2.45, 2.75) is 26.2 Å². The molecule has 1 fully saturated rings. The van der Waals surface area contributed by atoms with Crippen LogP contribution in [0.4, 0.5) is 0 Å². The van der Waals surface area contributed by atoms with Gasteiger partial charge in [0, 0.05) is 6.08 Å². The summed E-state index contributed by atoms with van der Waals surface area (Å²) in [7, 11) is 1.32. The highest BCUT2D eigenvalue weighted by Gasteiger charge is 2.41. The average molecular weight is 198 g/mol. The van der Waals surface area contributed by atoms with Crippen LogP contribution in [0.25, 0.3) is 0 Å². The predicted octanol–water partition coefficient (Wildman–Crippen LogP) is 1.36. The topological polar surface area (TPSA) is 63.6 Å². The third-order valence-corrected chi connectivity index (χ3v) is 2.77. The normalized spacial score (nSPS) is 29.1. The highest BCUT2D eigenvalue weighted by Crippen LogP contribution is 2.43. The SMILES string of the molecule is COC(=O)C1(C)CCCC1=CC(=O)O. The van der Waals surface area contributed by atoms with Gasteiger partial charge in [0.15, 0.2) is 0 Å². The van der Waals surface area contributed by atoms with Crippen LogP contribution in [0, 0.1) is 5.41 Å². The Morgan fingerprint density at radius 2 is 2.21 bits per heavy atom. The molecule has 14 heavy (non-hydrogen) atoms. The zero-order chi connectivity index (χ0) is 10.8. The molecule has 0 saturated heterocycles. The summed E-state index contributed by atoms with van der Waals surface area (Å²) in [6.07, 6.45) is 3.30. The quantitative estimate of drug-likeness (QED) is 0.537. The molecule has 0 aromatic heterocycles. The molecule has 1 rings (SSSR count). The van der Waals surface area contributed by atoms with Crippen LogP contribution in [-0.4, -0.2) is 24.2 Å².